The van der Waals surface area contributed by atoms with Crippen molar-refractivity contribution >= 4 is 23.1 Å². The number of alkyl halides is 3. The number of Topliss-reactive ketones (excluding diaryl/α,β-unsaturated/α-hetero) is 1. The number of benzene rings is 1. The van der Waals surface area contributed by atoms with Gasteiger partial charge in [0.1, 0.15) is 0 Å². The first-order valence-corrected chi connectivity index (χ1v) is 9.51. The summed E-state index contributed by atoms with van der Waals surface area (Å²) < 4.78 is 41.0. The number of hydrogen-bond acceptors (Lipinski definition) is 4. The number of allylic oxidation sites excluding steroid dienone is 1. The van der Waals surface area contributed by atoms with Crippen molar-refractivity contribution in [3.63, 3.8) is 0 Å². The van der Waals surface area contributed by atoms with E-state index in [2.05, 4.69) is 10.3 Å². The Labute approximate surface area is 171 Å². The number of halogens is 3. The number of carbonyl (C=O) groups is 2. The average Bonchev–Trinajstić information content (AvgIpc) is 2.80. The van der Waals surface area contributed by atoms with Crippen LogP contribution in [-0.2, 0) is 9.59 Å². The molecule has 0 saturated heterocycles. The highest BCUT2D eigenvalue weighted by Crippen LogP contribution is 2.49. The molecule has 8 heteroatoms. The molecule has 1 aliphatic heterocycles. The molecule has 2 aliphatic rings. The molecule has 0 spiro atoms. The third-order valence-electron chi connectivity index (χ3n) is 5.36. The van der Waals surface area contributed by atoms with E-state index in [9.17, 15) is 22.8 Å². The fourth-order valence-electron chi connectivity index (χ4n) is 4.20. The summed E-state index contributed by atoms with van der Waals surface area (Å²) in [7, 11) is 0. The topological polar surface area (TPSA) is 62.3 Å². The zero-order valence-corrected chi connectivity index (χ0v) is 16.5. The van der Waals surface area contributed by atoms with E-state index in [1.165, 1.54) is 18.5 Å². The predicted molar refractivity (Wildman–Crippen MR) is 106 cm³/mol. The third kappa shape index (κ3) is 3.46. The summed E-state index contributed by atoms with van der Waals surface area (Å²) in [6.45, 7) is 3.87. The van der Waals surface area contributed by atoms with Gasteiger partial charge in [0, 0.05) is 30.1 Å². The Morgan fingerprint density at radius 2 is 1.90 bits per heavy atom. The molecule has 0 saturated carbocycles. The normalized spacial score (nSPS) is 20.8. The molecule has 5 nitrogen and oxygen atoms in total. The number of fused-ring (bicyclic) bond motifs is 1. The lowest BCUT2D eigenvalue weighted by molar-refractivity contribution is -0.170. The predicted octanol–water partition coefficient (Wildman–Crippen LogP) is 4.79. The van der Waals surface area contributed by atoms with Crippen molar-refractivity contribution in [1.82, 2.24) is 4.98 Å². The van der Waals surface area contributed by atoms with E-state index in [1.807, 2.05) is 13.8 Å². The molecule has 1 amide bonds. The number of nitrogens with zero attached hydrogens (tertiary/aromatic N) is 2. The third-order valence-corrected chi connectivity index (χ3v) is 5.36. The largest absolute Gasteiger partial charge is 0.471 e. The molecule has 1 atom stereocenters. The van der Waals surface area contributed by atoms with Crippen LogP contribution in [0.5, 0.6) is 0 Å². The van der Waals surface area contributed by atoms with E-state index in [4.69, 9.17) is 0 Å². The van der Waals surface area contributed by atoms with Crippen LogP contribution in [-0.4, -0.2) is 22.9 Å². The zero-order chi connectivity index (χ0) is 21.7. The average molecular weight is 415 g/mol. The summed E-state index contributed by atoms with van der Waals surface area (Å²) in [6.07, 6.45) is -1.59. The van der Waals surface area contributed by atoms with Crippen LogP contribution < -0.4 is 10.2 Å². The van der Waals surface area contributed by atoms with Gasteiger partial charge >= 0.3 is 12.1 Å². The lowest BCUT2D eigenvalue weighted by atomic mass is 9.73. The van der Waals surface area contributed by atoms with E-state index < -0.39 is 18.1 Å². The number of aromatic nitrogens is 1. The summed E-state index contributed by atoms with van der Waals surface area (Å²) in [4.78, 5) is 30.6. The Bertz CT molecular complexity index is 1050. The minimum Gasteiger partial charge on any atom is -0.357 e. The maximum absolute atomic E-state index is 13.7. The lowest BCUT2D eigenvalue weighted by Gasteiger charge is -2.37. The molecule has 1 aliphatic carbocycles. The second-order valence-corrected chi connectivity index (χ2v) is 8.34. The number of ketones is 1. The highest BCUT2D eigenvalue weighted by Gasteiger charge is 2.50. The van der Waals surface area contributed by atoms with E-state index in [-0.39, 0.29) is 28.9 Å². The summed E-state index contributed by atoms with van der Waals surface area (Å²) in [5.41, 5.74) is 1.11. The molecule has 156 valence electrons. The molecule has 2 aromatic rings. The molecule has 30 heavy (non-hydrogen) atoms. The highest BCUT2D eigenvalue weighted by atomic mass is 19.4. The molecule has 0 fully saturated rings. The fraction of sp³-hybridized carbons (Fsp3) is 0.318. The van der Waals surface area contributed by atoms with Gasteiger partial charge in [-0.1, -0.05) is 32.0 Å². The van der Waals surface area contributed by atoms with Crippen molar-refractivity contribution in [2.45, 2.75) is 38.9 Å². The molecular formula is C22H20F3N3O2. The van der Waals surface area contributed by atoms with Gasteiger partial charge in [-0.05, 0) is 35.6 Å². The fourth-order valence-corrected chi connectivity index (χ4v) is 4.20. The minimum atomic E-state index is -5.12. The van der Waals surface area contributed by atoms with Crippen LogP contribution in [0.3, 0.4) is 0 Å². The Morgan fingerprint density at radius 3 is 2.57 bits per heavy atom. The van der Waals surface area contributed by atoms with Crippen molar-refractivity contribution in [2.24, 2.45) is 5.41 Å². The number of hydrogen-bond donors (Lipinski definition) is 1. The first-order chi connectivity index (χ1) is 14.1. The quantitative estimate of drug-likeness (QED) is 0.728. The van der Waals surface area contributed by atoms with E-state index in [0.717, 1.165) is 0 Å². The second kappa shape index (κ2) is 6.97. The number of pyridine rings is 1. The number of carbonyl (C=O) groups excluding carboxylic acids is 2. The summed E-state index contributed by atoms with van der Waals surface area (Å²) in [5.74, 6) is -2.31. The molecule has 2 heterocycles. The number of para-hydroxylation sites is 2. The molecular weight excluding hydrogens is 395 g/mol. The van der Waals surface area contributed by atoms with Gasteiger partial charge < -0.3 is 5.32 Å². The Morgan fingerprint density at radius 1 is 1.17 bits per heavy atom. The van der Waals surface area contributed by atoms with Gasteiger partial charge in [-0.25, -0.2) is 0 Å². The van der Waals surface area contributed by atoms with Crippen LogP contribution in [0.1, 0.15) is 38.3 Å². The SMILES string of the molecule is CC1(C)CC(=O)C2=C(C1)Nc1ccccc1N(C(=O)C(F)(F)F)[C@@H]2c1cccnc1. The van der Waals surface area contributed by atoms with Gasteiger partial charge in [-0.15, -0.1) is 0 Å². The van der Waals surface area contributed by atoms with Gasteiger partial charge in [-0.2, -0.15) is 13.2 Å². The van der Waals surface area contributed by atoms with Crippen LogP contribution in [0.15, 0.2) is 60.1 Å². The van der Waals surface area contributed by atoms with Crippen molar-refractivity contribution < 1.29 is 22.8 Å². The van der Waals surface area contributed by atoms with Crippen LogP contribution in [0, 0.1) is 5.41 Å². The van der Waals surface area contributed by atoms with Crippen molar-refractivity contribution in [3.8, 4) is 0 Å². The molecule has 4 rings (SSSR count). The number of anilines is 2. The maximum atomic E-state index is 13.7. The lowest BCUT2D eigenvalue weighted by Crippen LogP contribution is -2.45. The summed E-state index contributed by atoms with van der Waals surface area (Å²) in [5, 5.41) is 3.16. The van der Waals surface area contributed by atoms with Crippen LogP contribution in [0.25, 0.3) is 0 Å². The molecule has 1 aromatic carbocycles. The monoisotopic (exact) mass is 415 g/mol. The van der Waals surface area contributed by atoms with Crippen LogP contribution >= 0.6 is 0 Å². The molecule has 0 bridgehead atoms. The second-order valence-electron chi connectivity index (χ2n) is 8.34. The van der Waals surface area contributed by atoms with Gasteiger partial charge in [0.25, 0.3) is 0 Å². The molecule has 0 unspecified atom stereocenters. The van der Waals surface area contributed by atoms with Gasteiger partial charge in [-0.3, -0.25) is 19.5 Å². The molecule has 0 radical (unpaired) electrons. The highest BCUT2D eigenvalue weighted by molar-refractivity contribution is 6.07. The smallest absolute Gasteiger partial charge is 0.357 e. The Hall–Kier alpha value is -3.16. The number of rotatable bonds is 1. The van der Waals surface area contributed by atoms with Gasteiger partial charge in [0.15, 0.2) is 5.78 Å². The Balaban J connectivity index is 2.03. The van der Waals surface area contributed by atoms with E-state index in [0.29, 0.717) is 28.3 Å². The summed E-state index contributed by atoms with van der Waals surface area (Å²) >= 11 is 0. The van der Waals surface area contributed by atoms with Crippen LogP contribution in [0.4, 0.5) is 24.5 Å². The minimum absolute atomic E-state index is 0.0636. The van der Waals surface area contributed by atoms with Crippen molar-refractivity contribution in [2.75, 3.05) is 10.2 Å². The first kappa shape index (κ1) is 20.1. The van der Waals surface area contributed by atoms with Gasteiger partial charge in [0.05, 0.1) is 17.4 Å². The Kier molecular flexibility index (Phi) is 4.67. The number of nitrogens with one attached hydrogen (secondary N) is 1. The van der Waals surface area contributed by atoms with Crippen molar-refractivity contribution in [3.05, 3.63) is 65.6 Å². The van der Waals surface area contributed by atoms with E-state index >= 15 is 0 Å². The molecule has 1 aromatic heterocycles. The number of amides is 1. The summed E-state index contributed by atoms with van der Waals surface area (Å²) in [6, 6.07) is 8.21. The standard InChI is InChI=1S/C22H20F3N3O2/c1-21(2)10-15-18(17(29)11-21)19(13-6-5-9-26-12-13)28(20(30)22(23,24)25)16-8-4-3-7-14(16)27-15/h3-9,12,19,27H,10-11H2,1-2H3/t19-/m1/s1. The zero-order valence-electron chi connectivity index (χ0n) is 16.5. The van der Waals surface area contributed by atoms with E-state index in [1.54, 1.807) is 30.3 Å². The molecule has 1 N–H and O–H groups in total. The first-order valence-electron chi connectivity index (χ1n) is 9.51. The van der Waals surface area contributed by atoms with Gasteiger partial charge in [0.2, 0.25) is 0 Å². The van der Waals surface area contributed by atoms with Crippen LogP contribution in [0.2, 0.25) is 0 Å². The van der Waals surface area contributed by atoms with Crippen molar-refractivity contribution in [1.29, 1.82) is 0 Å². The maximum Gasteiger partial charge on any atom is 0.471 e.